The lowest BCUT2D eigenvalue weighted by Gasteiger charge is -2.11. The van der Waals surface area contributed by atoms with E-state index in [1.54, 1.807) is 12.1 Å². The van der Waals surface area contributed by atoms with Crippen LogP contribution in [0.4, 0.5) is 0 Å². The van der Waals surface area contributed by atoms with E-state index < -0.39 is 16.1 Å². The van der Waals surface area contributed by atoms with Crippen molar-refractivity contribution < 1.29 is 18.3 Å². The van der Waals surface area contributed by atoms with E-state index in [0.717, 1.165) is 11.3 Å². The molecule has 0 saturated carbocycles. The Labute approximate surface area is 141 Å². The largest absolute Gasteiger partial charge is 0.494 e. The summed E-state index contributed by atoms with van der Waals surface area (Å²) in [5.41, 5.74) is 0. The quantitative estimate of drug-likeness (QED) is 0.725. The van der Waals surface area contributed by atoms with Gasteiger partial charge in [0.15, 0.2) is 0 Å². The van der Waals surface area contributed by atoms with Gasteiger partial charge in [-0.05, 0) is 48.6 Å². The molecule has 1 aromatic heterocycles. The molecule has 0 radical (unpaired) electrons. The summed E-state index contributed by atoms with van der Waals surface area (Å²) in [5, 5.41) is 11.8. The molecule has 2 rings (SSSR count). The van der Waals surface area contributed by atoms with Gasteiger partial charge >= 0.3 is 0 Å². The number of benzene rings is 1. The predicted molar refractivity (Wildman–Crippen MR) is 91.3 cm³/mol. The van der Waals surface area contributed by atoms with Crippen LogP contribution in [0, 0.1) is 0 Å². The van der Waals surface area contributed by atoms with Crippen molar-refractivity contribution in [3.8, 4) is 5.75 Å². The maximum Gasteiger partial charge on any atom is 0.240 e. The molecule has 0 aliphatic carbocycles. The monoisotopic (exact) mass is 355 g/mol. The molecule has 0 fully saturated rings. The zero-order chi connectivity index (χ0) is 16.7. The molecule has 0 saturated heterocycles. The number of aliphatic hydroxyl groups excluding tert-OH is 1. The summed E-state index contributed by atoms with van der Waals surface area (Å²) in [5.74, 6) is 0.652. The zero-order valence-corrected chi connectivity index (χ0v) is 14.6. The van der Waals surface area contributed by atoms with Crippen LogP contribution in [0.15, 0.2) is 46.7 Å². The van der Waals surface area contributed by atoms with Crippen LogP contribution in [0.25, 0.3) is 0 Å². The van der Waals surface area contributed by atoms with Gasteiger partial charge in [0.25, 0.3) is 0 Å². The molecule has 23 heavy (non-hydrogen) atoms. The molecule has 1 aromatic carbocycles. The Morgan fingerprint density at radius 3 is 2.61 bits per heavy atom. The van der Waals surface area contributed by atoms with Gasteiger partial charge in [-0.1, -0.05) is 13.0 Å². The first-order valence-electron chi connectivity index (χ1n) is 7.47. The Kier molecular flexibility index (Phi) is 6.59. The van der Waals surface area contributed by atoms with E-state index in [-0.39, 0.29) is 11.4 Å². The molecule has 2 N–H and O–H groups in total. The molecular formula is C16H21NO4S2. The number of hydrogen-bond donors (Lipinski definition) is 2. The van der Waals surface area contributed by atoms with Crippen LogP contribution >= 0.6 is 11.3 Å². The molecule has 2 aromatic rings. The molecule has 126 valence electrons. The van der Waals surface area contributed by atoms with Gasteiger partial charge in [-0.3, -0.25) is 0 Å². The molecule has 1 atom stereocenters. The Balaban J connectivity index is 1.88. The van der Waals surface area contributed by atoms with Crippen LogP contribution < -0.4 is 9.46 Å². The fraction of sp³-hybridized carbons (Fsp3) is 0.375. The lowest BCUT2D eigenvalue weighted by atomic mass is 10.2. The number of ether oxygens (including phenoxy) is 1. The number of rotatable bonds is 9. The molecule has 1 unspecified atom stereocenters. The summed E-state index contributed by atoms with van der Waals surface area (Å²) in [7, 11) is -3.58. The van der Waals surface area contributed by atoms with Gasteiger partial charge in [0.1, 0.15) is 5.75 Å². The van der Waals surface area contributed by atoms with E-state index in [1.807, 2.05) is 24.4 Å². The van der Waals surface area contributed by atoms with Crippen molar-refractivity contribution >= 4 is 21.4 Å². The van der Waals surface area contributed by atoms with Crippen LogP contribution in [0.3, 0.4) is 0 Å². The average Bonchev–Trinajstić information content (AvgIpc) is 3.07. The SMILES string of the molecule is CCCOc1ccc(S(=O)(=O)NCCC(O)c2cccs2)cc1. The highest BCUT2D eigenvalue weighted by Crippen LogP contribution is 2.21. The Morgan fingerprint density at radius 1 is 1.26 bits per heavy atom. The summed E-state index contributed by atoms with van der Waals surface area (Å²) in [4.78, 5) is 1.02. The predicted octanol–water partition coefficient (Wildman–Crippen LogP) is 2.94. The molecule has 0 amide bonds. The van der Waals surface area contributed by atoms with E-state index >= 15 is 0 Å². The van der Waals surface area contributed by atoms with Gasteiger partial charge in [0, 0.05) is 11.4 Å². The van der Waals surface area contributed by atoms with Crippen LogP contribution in [-0.2, 0) is 10.0 Å². The minimum atomic E-state index is -3.58. The second kappa shape index (κ2) is 8.44. The number of aliphatic hydroxyl groups is 1. The molecule has 0 spiro atoms. The maximum atomic E-state index is 12.2. The summed E-state index contributed by atoms with van der Waals surface area (Å²) >= 11 is 1.45. The van der Waals surface area contributed by atoms with Gasteiger partial charge in [-0.15, -0.1) is 11.3 Å². The highest BCUT2D eigenvalue weighted by Gasteiger charge is 2.15. The molecule has 7 heteroatoms. The third kappa shape index (κ3) is 5.31. The highest BCUT2D eigenvalue weighted by atomic mass is 32.2. The van der Waals surface area contributed by atoms with Crippen molar-refractivity contribution in [2.45, 2.75) is 30.8 Å². The third-order valence-corrected chi connectivity index (χ3v) is 5.64. The summed E-state index contributed by atoms with van der Waals surface area (Å²) < 4.78 is 32.3. The lowest BCUT2D eigenvalue weighted by Crippen LogP contribution is -2.25. The first kappa shape index (κ1) is 17.9. The zero-order valence-electron chi connectivity index (χ0n) is 12.9. The van der Waals surface area contributed by atoms with Gasteiger partial charge < -0.3 is 9.84 Å². The minimum Gasteiger partial charge on any atom is -0.494 e. The molecule has 0 aliphatic heterocycles. The van der Waals surface area contributed by atoms with E-state index in [1.165, 1.54) is 23.5 Å². The minimum absolute atomic E-state index is 0.176. The molecule has 0 bridgehead atoms. The summed E-state index contributed by atoms with van der Waals surface area (Å²) in [6, 6.07) is 10.0. The molecule has 0 aliphatic rings. The molecular weight excluding hydrogens is 334 g/mol. The van der Waals surface area contributed by atoms with Gasteiger partial charge in [-0.2, -0.15) is 0 Å². The Bertz CT molecular complexity index is 681. The van der Waals surface area contributed by atoms with Crippen molar-refractivity contribution in [3.05, 3.63) is 46.7 Å². The van der Waals surface area contributed by atoms with E-state index in [2.05, 4.69) is 4.72 Å². The average molecular weight is 355 g/mol. The normalized spacial score (nSPS) is 13.0. The van der Waals surface area contributed by atoms with Crippen molar-refractivity contribution in [1.29, 1.82) is 0 Å². The number of hydrogen-bond acceptors (Lipinski definition) is 5. The van der Waals surface area contributed by atoms with Crippen LogP contribution in [0.1, 0.15) is 30.7 Å². The number of thiophene rings is 1. The smallest absolute Gasteiger partial charge is 0.240 e. The first-order chi connectivity index (χ1) is 11.0. The fourth-order valence-electron chi connectivity index (χ4n) is 1.97. The number of sulfonamides is 1. The standard InChI is InChI=1S/C16H21NO4S2/c1-2-11-21-13-5-7-14(8-6-13)23(19,20)17-10-9-15(18)16-4-3-12-22-16/h3-8,12,15,17-18H,2,9-11H2,1H3. The second-order valence-electron chi connectivity index (χ2n) is 5.04. The number of nitrogens with one attached hydrogen (secondary N) is 1. The van der Waals surface area contributed by atoms with Crippen molar-refractivity contribution in [2.75, 3.05) is 13.2 Å². The Hall–Kier alpha value is -1.41. The molecule has 5 nitrogen and oxygen atoms in total. The topological polar surface area (TPSA) is 75.6 Å². The van der Waals surface area contributed by atoms with Crippen molar-refractivity contribution in [3.63, 3.8) is 0 Å². The van der Waals surface area contributed by atoms with Crippen molar-refractivity contribution in [2.24, 2.45) is 0 Å². The third-order valence-electron chi connectivity index (χ3n) is 3.19. The van der Waals surface area contributed by atoms with E-state index in [9.17, 15) is 13.5 Å². The Morgan fingerprint density at radius 2 is 2.00 bits per heavy atom. The summed E-state index contributed by atoms with van der Waals surface area (Å²) in [6.45, 7) is 2.79. The first-order valence-corrected chi connectivity index (χ1v) is 9.83. The highest BCUT2D eigenvalue weighted by molar-refractivity contribution is 7.89. The van der Waals surface area contributed by atoms with Crippen LogP contribution in [0.5, 0.6) is 5.75 Å². The van der Waals surface area contributed by atoms with Gasteiger partial charge in [-0.25, -0.2) is 13.1 Å². The van der Waals surface area contributed by atoms with Gasteiger partial charge in [0.05, 0.1) is 17.6 Å². The van der Waals surface area contributed by atoms with Crippen LogP contribution in [0.2, 0.25) is 0 Å². The lowest BCUT2D eigenvalue weighted by molar-refractivity contribution is 0.173. The second-order valence-corrected chi connectivity index (χ2v) is 7.78. The maximum absolute atomic E-state index is 12.2. The van der Waals surface area contributed by atoms with E-state index in [4.69, 9.17) is 4.74 Å². The van der Waals surface area contributed by atoms with Crippen molar-refractivity contribution in [1.82, 2.24) is 4.72 Å². The molecule has 1 heterocycles. The van der Waals surface area contributed by atoms with Crippen LogP contribution in [-0.4, -0.2) is 26.7 Å². The fourth-order valence-corrected chi connectivity index (χ4v) is 3.77. The summed E-state index contributed by atoms with van der Waals surface area (Å²) in [6.07, 6.45) is 0.577. The van der Waals surface area contributed by atoms with E-state index in [0.29, 0.717) is 18.8 Å². The van der Waals surface area contributed by atoms with Gasteiger partial charge in [0.2, 0.25) is 10.0 Å².